The fourth-order valence-electron chi connectivity index (χ4n) is 3.58. The van der Waals surface area contributed by atoms with Gasteiger partial charge in [0.05, 0.1) is 0 Å². The van der Waals surface area contributed by atoms with Gasteiger partial charge >= 0.3 is 0 Å². The maximum Gasteiger partial charge on any atom is 0.291 e. The number of furan rings is 1. The van der Waals surface area contributed by atoms with Crippen molar-refractivity contribution >= 4 is 11.6 Å². The number of phenols is 1. The zero-order valence-corrected chi connectivity index (χ0v) is 17.4. The number of anilines is 1. The number of amides is 1. The van der Waals surface area contributed by atoms with Crippen molar-refractivity contribution in [2.24, 2.45) is 0 Å². The van der Waals surface area contributed by atoms with E-state index in [9.17, 15) is 9.90 Å². The molecule has 0 spiro atoms. The van der Waals surface area contributed by atoms with Crippen LogP contribution in [0.25, 0.3) is 0 Å². The Labute approximate surface area is 166 Å². The van der Waals surface area contributed by atoms with Gasteiger partial charge in [0.2, 0.25) is 0 Å². The van der Waals surface area contributed by atoms with Crippen LogP contribution in [-0.2, 0) is 6.42 Å². The van der Waals surface area contributed by atoms with Gasteiger partial charge in [0.25, 0.3) is 5.91 Å². The Balaban J connectivity index is 1.82. The molecule has 3 rings (SSSR count). The summed E-state index contributed by atoms with van der Waals surface area (Å²) >= 11 is 0. The first-order valence-electron chi connectivity index (χ1n) is 9.44. The number of nitrogens with one attached hydrogen (secondary N) is 1. The van der Waals surface area contributed by atoms with Crippen LogP contribution in [0.5, 0.6) is 5.75 Å². The Kier molecular flexibility index (Phi) is 5.32. The quantitative estimate of drug-likeness (QED) is 0.575. The van der Waals surface area contributed by atoms with Crippen molar-refractivity contribution in [2.45, 2.75) is 48.0 Å². The van der Waals surface area contributed by atoms with Gasteiger partial charge in [-0.1, -0.05) is 0 Å². The van der Waals surface area contributed by atoms with Crippen LogP contribution in [-0.4, -0.2) is 11.0 Å². The number of hydrogen-bond acceptors (Lipinski definition) is 3. The highest BCUT2D eigenvalue weighted by Crippen LogP contribution is 2.28. The van der Waals surface area contributed by atoms with Crippen LogP contribution in [0, 0.1) is 41.5 Å². The standard InChI is InChI=1S/C24H27NO3/c1-13-11-19(26)7-9-22(13)25-24(27)23-10-8-20(28-23)12-21-17(5)15(3)14(2)16(4)18(21)6/h7-11,26H,12H2,1-6H3,(H,25,27). The van der Waals surface area contributed by atoms with Gasteiger partial charge in [0.15, 0.2) is 5.76 Å². The van der Waals surface area contributed by atoms with Crippen LogP contribution in [0.15, 0.2) is 34.7 Å². The number of hydrogen-bond donors (Lipinski definition) is 2. The minimum absolute atomic E-state index is 0.171. The third kappa shape index (κ3) is 3.68. The van der Waals surface area contributed by atoms with Gasteiger partial charge in [-0.25, -0.2) is 0 Å². The SMILES string of the molecule is Cc1cc(O)ccc1NC(=O)c1ccc(Cc2c(C)c(C)c(C)c(C)c2C)o1. The molecule has 1 amide bonds. The highest BCUT2D eigenvalue weighted by Gasteiger charge is 2.16. The predicted molar refractivity (Wildman–Crippen MR) is 112 cm³/mol. The zero-order chi connectivity index (χ0) is 20.6. The van der Waals surface area contributed by atoms with Gasteiger partial charge < -0.3 is 14.8 Å². The summed E-state index contributed by atoms with van der Waals surface area (Å²) in [5.41, 5.74) is 9.22. The lowest BCUT2D eigenvalue weighted by Gasteiger charge is -2.18. The molecule has 0 fully saturated rings. The molecular weight excluding hydrogens is 350 g/mol. The molecule has 2 N–H and O–H groups in total. The number of carbonyl (C=O) groups is 1. The monoisotopic (exact) mass is 377 g/mol. The van der Waals surface area contributed by atoms with Crippen molar-refractivity contribution < 1.29 is 14.3 Å². The first-order chi connectivity index (χ1) is 13.2. The summed E-state index contributed by atoms with van der Waals surface area (Å²) < 4.78 is 5.84. The van der Waals surface area contributed by atoms with Gasteiger partial charge in [-0.3, -0.25) is 4.79 Å². The third-order valence-electron chi connectivity index (χ3n) is 5.85. The lowest BCUT2D eigenvalue weighted by molar-refractivity contribution is 0.0995. The first kappa shape index (κ1) is 19.7. The second-order valence-corrected chi connectivity index (χ2v) is 7.50. The third-order valence-corrected chi connectivity index (χ3v) is 5.85. The number of aromatic hydroxyl groups is 1. The molecule has 0 atom stereocenters. The van der Waals surface area contributed by atoms with E-state index >= 15 is 0 Å². The number of phenolic OH excluding ortho intramolecular Hbond substituents is 1. The van der Waals surface area contributed by atoms with Crippen LogP contribution in [0.2, 0.25) is 0 Å². The molecule has 2 aromatic carbocycles. The molecule has 146 valence electrons. The maximum absolute atomic E-state index is 12.5. The zero-order valence-electron chi connectivity index (χ0n) is 17.4. The van der Waals surface area contributed by atoms with E-state index in [4.69, 9.17) is 4.42 Å². The molecule has 0 saturated heterocycles. The van der Waals surface area contributed by atoms with Crippen LogP contribution in [0.3, 0.4) is 0 Å². The normalized spacial score (nSPS) is 10.9. The van der Waals surface area contributed by atoms with Crippen LogP contribution >= 0.6 is 0 Å². The summed E-state index contributed by atoms with van der Waals surface area (Å²) in [7, 11) is 0. The fraction of sp³-hybridized carbons (Fsp3) is 0.292. The molecule has 0 aliphatic rings. The van der Waals surface area contributed by atoms with E-state index in [1.807, 2.05) is 13.0 Å². The van der Waals surface area contributed by atoms with E-state index in [2.05, 4.69) is 39.9 Å². The Hall–Kier alpha value is -3.01. The van der Waals surface area contributed by atoms with E-state index in [1.54, 1.807) is 24.3 Å². The maximum atomic E-state index is 12.5. The molecule has 3 aromatic rings. The highest BCUT2D eigenvalue weighted by molar-refractivity contribution is 6.02. The molecule has 4 heteroatoms. The highest BCUT2D eigenvalue weighted by atomic mass is 16.3. The van der Waals surface area contributed by atoms with Gasteiger partial charge in [-0.2, -0.15) is 0 Å². The average Bonchev–Trinajstić information content (AvgIpc) is 3.13. The van der Waals surface area contributed by atoms with Crippen molar-refractivity contribution in [1.82, 2.24) is 0 Å². The smallest absolute Gasteiger partial charge is 0.291 e. The van der Waals surface area contributed by atoms with E-state index < -0.39 is 0 Å². The molecule has 1 aromatic heterocycles. The molecule has 0 radical (unpaired) electrons. The second kappa shape index (κ2) is 7.55. The van der Waals surface area contributed by atoms with Gasteiger partial charge in [0, 0.05) is 12.1 Å². The van der Waals surface area contributed by atoms with E-state index in [-0.39, 0.29) is 17.4 Å². The van der Waals surface area contributed by atoms with E-state index in [0.29, 0.717) is 12.1 Å². The van der Waals surface area contributed by atoms with Crippen molar-refractivity contribution in [3.05, 3.63) is 80.8 Å². The van der Waals surface area contributed by atoms with E-state index in [0.717, 1.165) is 11.3 Å². The molecule has 0 saturated carbocycles. The fourth-order valence-corrected chi connectivity index (χ4v) is 3.58. The Morgan fingerprint density at radius 1 is 0.893 bits per heavy atom. The topological polar surface area (TPSA) is 62.5 Å². The average molecular weight is 377 g/mol. The summed E-state index contributed by atoms with van der Waals surface area (Å²) in [6.07, 6.45) is 0.658. The van der Waals surface area contributed by atoms with E-state index in [1.165, 1.54) is 33.4 Å². The molecule has 1 heterocycles. The summed E-state index contributed by atoms with van der Waals surface area (Å²) in [6.45, 7) is 12.6. The predicted octanol–water partition coefficient (Wildman–Crippen LogP) is 5.68. The summed E-state index contributed by atoms with van der Waals surface area (Å²) in [4.78, 5) is 12.5. The molecule has 4 nitrogen and oxygen atoms in total. The van der Waals surface area contributed by atoms with Gasteiger partial charge in [0.1, 0.15) is 11.5 Å². The summed E-state index contributed by atoms with van der Waals surface area (Å²) in [6, 6.07) is 8.40. The lowest BCUT2D eigenvalue weighted by atomic mass is 9.88. The Bertz CT molecular complexity index is 1030. The van der Waals surface area contributed by atoms with Crippen molar-refractivity contribution in [3.63, 3.8) is 0 Å². The number of rotatable bonds is 4. The number of benzene rings is 2. The molecule has 0 aliphatic heterocycles. The van der Waals surface area contributed by atoms with Crippen molar-refractivity contribution in [3.8, 4) is 5.75 Å². The molecular formula is C24H27NO3. The minimum Gasteiger partial charge on any atom is -0.508 e. The van der Waals surface area contributed by atoms with Gasteiger partial charge in [-0.05, 0) is 111 Å². The number of carbonyl (C=O) groups excluding carboxylic acids is 1. The van der Waals surface area contributed by atoms with Crippen LogP contribution in [0.1, 0.15) is 55.3 Å². The second-order valence-electron chi connectivity index (χ2n) is 7.50. The van der Waals surface area contributed by atoms with Crippen LogP contribution < -0.4 is 5.32 Å². The van der Waals surface area contributed by atoms with Crippen molar-refractivity contribution in [1.29, 1.82) is 0 Å². The molecule has 28 heavy (non-hydrogen) atoms. The summed E-state index contributed by atoms with van der Waals surface area (Å²) in [5.74, 6) is 0.912. The number of aryl methyl sites for hydroxylation is 1. The summed E-state index contributed by atoms with van der Waals surface area (Å²) in [5, 5.41) is 12.3. The Morgan fingerprint density at radius 3 is 2.11 bits per heavy atom. The lowest BCUT2D eigenvalue weighted by Crippen LogP contribution is -2.11. The Morgan fingerprint density at radius 2 is 1.50 bits per heavy atom. The minimum atomic E-state index is -0.301. The molecule has 0 unspecified atom stereocenters. The molecule has 0 aliphatic carbocycles. The van der Waals surface area contributed by atoms with Crippen LogP contribution in [0.4, 0.5) is 5.69 Å². The molecule has 0 bridgehead atoms. The largest absolute Gasteiger partial charge is 0.508 e. The first-order valence-corrected chi connectivity index (χ1v) is 9.44. The van der Waals surface area contributed by atoms with Crippen molar-refractivity contribution in [2.75, 3.05) is 5.32 Å². The van der Waals surface area contributed by atoms with Gasteiger partial charge in [-0.15, -0.1) is 0 Å².